The summed E-state index contributed by atoms with van der Waals surface area (Å²) in [5, 5.41) is 16.0. The zero-order chi connectivity index (χ0) is 74.5. The first-order chi connectivity index (χ1) is 51.2. The Morgan fingerprint density at radius 3 is 0.491 bits per heavy atom. The van der Waals surface area contributed by atoms with Gasteiger partial charge in [0.05, 0.1) is 44.1 Å². The molecule has 10 aromatic carbocycles. The normalized spacial score (nSPS) is 11.4. The summed E-state index contributed by atoms with van der Waals surface area (Å²) in [7, 11) is -15.6. The summed E-state index contributed by atoms with van der Waals surface area (Å²) < 4.78 is 118. The van der Waals surface area contributed by atoms with Crippen molar-refractivity contribution >= 4 is 160 Å². The van der Waals surface area contributed by atoms with Crippen LogP contribution in [-0.2, 0) is 54.4 Å². The average Bonchev–Trinajstić information content (AvgIpc) is 0.755. The van der Waals surface area contributed by atoms with Crippen LogP contribution >= 0.6 is 31.7 Å². The summed E-state index contributed by atoms with van der Waals surface area (Å²) in [6.45, 7) is 0. The fraction of sp³-hybridized carbons (Fsp3) is 0.0500. The van der Waals surface area contributed by atoms with Gasteiger partial charge in [0.25, 0.3) is 0 Å². The number of aromatic nitrogens is 8. The smallest absolute Gasteiger partial charge is 0.741 e. The van der Waals surface area contributed by atoms with Crippen molar-refractivity contribution in [2.24, 2.45) is 0 Å². The molecule has 0 unspecified atom stereocenters. The van der Waals surface area contributed by atoms with Crippen LogP contribution in [-0.4, -0.2) is 88.6 Å². The monoisotopic (exact) mass is 1660 g/mol. The van der Waals surface area contributed by atoms with Gasteiger partial charge in [-0.1, -0.05) is 146 Å². The number of rotatable bonds is 12. The number of alkyl halides is 6. The number of halogens is 6. The van der Waals surface area contributed by atoms with Gasteiger partial charge in [0.2, 0.25) is 0 Å². The SMILES string of the molecule is O=S(=O)([O-])C(F)(F)F.O=S(=O)([O-])C(F)(F)F.[Cu+].[Cu+].c1ccc([PH+](C[PH+](c2ccccc2)c2ccccc2)c2ccccc2)cc1.c1ccc([PH+](C[PH+](c2ccccc2)c2ccccc2)c2ccccc2)cc1.c1cnc2c(c1)c1nccnc1c1cccnc12.c1cnc2c(c1)c1nccnc1c1cccnc12. The predicted molar refractivity (Wildman–Crippen MR) is 423 cm³/mol. The first kappa shape index (κ1) is 82.7. The maximum Gasteiger partial charge on any atom is 1.00 e. The fourth-order valence-corrected chi connectivity index (χ4v) is 27.0. The molecule has 0 spiro atoms. The minimum absolute atomic E-state index is 0. The van der Waals surface area contributed by atoms with Gasteiger partial charge in [-0.05, 0) is 146 Å². The van der Waals surface area contributed by atoms with E-state index in [1.165, 1.54) is 54.2 Å². The predicted octanol–water partition coefficient (Wildman–Crippen LogP) is 14.9. The van der Waals surface area contributed by atoms with Crippen LogP contribution in [0.25, 0.3) is 65.7 Å². The van der Waals surface area contributed by atoms with E-state index >= 15 is 0 Å². The van der Waals surface area contributed by atoms with Gasteiger partial charge in [0.1, 0.15) is 74.1 Å². The maximum atomic E-state index is 10.7. The van der Waals surface area contributed by atoms with Gasteiger partial charge < -0.3 is 9.11 Å². The van der Waals surface area contributed by atoms with E-state index in [2.05, 4.69) is 283 Å². The van der Waals surface area contributed by atoms with Crippen molar-refractivity contribution < 1.29 is 86.4 Å². The molecule has 6 aromatic heterocycles. The van der Waals surface area contributed by atoms with Crippen molar-refractivity contribution in [3.8, 4) is 0 Å². The zero-order valence-corrected chi connectivity index (χ0v) is 64.0. The molecule has 0 aliphatic carbocycles. The van der Waals surface area contributed by atoms with Crippen molar-refractivity contribution in [1.29, 1.82) is 0 Å². The first-order valence-electron chi connectivity index (χ1n) is 32.6. The van der Waals surface area contributed by atoms with Gasteiger partial charge in [-0.15, -0.1) is 0 Å². The van der Waals surface area contributed by atoms with E-state index in [-0.39, 0.29) is 34.1 Å². The van der Waals surface area contributed by atoms with Crippen molar-refractivity contribution in [1.82, 2.24) is 39.9 Å². The molecule has 28 heteroatoms. The van der Waals surface area contributed by atoms with Crippen molar-refractivity contribution in [2.75, 3.05) is 11.8 Å². The van der Waals surface area contributed by atoms with Gasteiger partial charge in [-0.2, -0.15) is 26.3 Å². The van der Waals surface area contributed by atoms with Gasteiger partial charge in [0, 0.05) is 71.1 Å². The van der Waals surface area contributed by atoms with Crippen molar-refractivity contribution in [3.05, 3.63) is 341 Å². The standard InChI is InChI=1S/2C25H22P2.2C14H8N4.2CHF3O3S.2Cu/c2*1-5-13-22(14-6-1)26(23-15-7-2-8-16-23)21-27(24-17-9-3-10-18-24)25-19-11-4-12-20-25;2*1-3-9-11(15-5-1)12-10(4-2-6-16-12)14-13(9)17-7-8-18-14;2*2-1(3,4)8(5,6)7;;/h2*1-20H,21H2;2*1-8H;2*(H,5,6,7);;/q;;;;;;2*+1/p+2. The van der Waals surface area contributed by atoms with Crippen LogP contribution < -0.4 is 42.4 Å². The van der Waals surface area contributed by atoms with Crippen LogP contribution in [0.5, 0.6) is 0 Å². The first-order valence-corrected chi connectivity index (χ1v) is 42.2. The molecule has 0 amide bonds. The molecule has 0 N–H and O–H groups in total. The van der Waals surface area contributed by atoms with Gasteiger partial charge >= 0.3 is 45.2 Å². The largest absolute Gasteiger partial charge is 1.00 e. The molecule has 6 heterocycles. The van der Waals surface area contributed by atoms with Crippen molar-refractivity contribution in [2.45, 2.75) is 11.0 Å². The van der Waals surface area contributed by atoms with Gasteiger partial charge in [-0.3, -0.25) is 39.9 Å². The fourth-order valence-electron chi connectivity index (χ4n) is 11.6. The molecular weight excluding hydrogens is 1600 g/mol. The number of benzene rings is 10. The molecule has 0 fully saturated rings. The summed E-state index contributed by atoms with van der Waals surface area (Å²) in [6, 6.07) is 105. The number of hydrogen-bond donors (Lipinski definition) is 0. The Morgan fingerprint density at radius 2 is 0.361 bits per heavy atom. The molecule has 14 nitrogen and oxygen atoms in total. The number of fused-ring (bicyclic) bond motifs is 12. The van der Waals surface area contributed by atoms with E-state index in [0.717, 1.165) is 65.7 Å². The topological polar surface area (TPSA) is 218 Å². The van der Waals surface area contributed by atoms with Crippen LogP contribution in [0.15, 0.2) is 341 Å². The average molecular weight is 1660 g/mol. The molecule has 0 radical (unpaired) electrons. The number of nitrogens with zero attached hydrogens (tertiary/aromatic N) is 8. The van der Waals surface area contributed by atoms with Crippen molar-refractivity contribution in [3.63, 3.8) is 0 Å². The maximum absolute atomic E-state index is 10.7. The van der Waals surface area contributed by atoms with Crippen LogP contribution in [0, 0.1) is 0 Å². The minimum atomic E-state index is -6.09. The molecule has 0 saturated carbocycles. The Bertz CT molecular complexity index is 4650. The molecule has 0 aliphatic rings. The Labute approximate surface area is 645 Å². The van der Waals surface area contributed by atoms with Gasteiger partial charge in [0.15, 0.2) is 32.0 Å². The second kappa shape index (κ2) is 39.2. The quantitative estimate of drug-likeness (QED) is 0.0278. The summed E-state index contributed by atoms with van der Waals surface area (Å²) in [5.74, 6) is 2.49. The summed E-state index contributed by atoms with van der Waals surface area (Å²) in [6.07, 6.45) is 13.9. The van der Waals surface area contributed by atoms with E-state index in [4.69, 9.17) is 25.9 Å². The van der Waals surface area contributed by atoms with E-state index in [1.807, 2.05) is 48.5 Å². The molecule has 552 valence electrons. The van der Waals surface area contributed by atoms with Crippen LogP contribution in [0.3, 0.4) is 0 Å². The third-order valence-corrected chi connectivity index (χ3v) is 31.4. The molecule has 0 saturated heterocycles. The molecule has 16 rings (SSSR count). The van der Waals surface area contributed by atoms with E-state index in [9.17, 15) is 26.3 Å². The van der Waals surface area contributed by atoms with Crippen LogP contribution in [0.1, 0.15) is 0 Å². The van der Waals surface area contributed by atoms with E-state index < -0.39 is 62.9 Å². The third-order valence-electron chi connectivity index (χ3n) is 16.3. The van der Waals surface area contributed by atoms with Gasteiger partial charge in [-0.25, -0.2) is 16.8 Å². The second-order valence-corrected chi connectivity index (χ2v) is 37.1. The minimum Gasteiger partial charge on any atom is -0.741 e. The zero-order valence-electron chi connectivity index (χ0n) is 56.5. The number of hydrogen-bond acceptors (Lipinski definition) is 14. The molecule has 0 bridgehead atoms. The second-order valence-electron chi connectivity index (χ2n) is 23.1. The summed E-state index contributed by atoms with van der Waals surface area (Å²) >= 11 is 0. The number of pyridine rings is 4. The molecule has 16 aromatic rings. The van der Waals surface area contributed by atoms with E-state index in [0.29, 0.717) is 0 Å². The van der Waals surface area contributed by atoms with Crippen LogP contribution in [0.4, 0.5) is 26.3 Å². The van der Waals surface area contributed by atoms with Crippen LogP contribution in [0.2, 0.25) is 0 Å². The Morgan fingerprint density at radius 1 is 0.231 bits per heavy atom. The molecule has 0 aliphatic heterocycles. The Hall–Kier alpha value is -9.32. The summed E-state index contributed by atoms with van der Waals surface area (Å²) in [5.41, 5.74) is -4.28. The molecule has 0 atom stereocenters. The Kier molecular flexibility index (Phi) is 30.0. The molecular formula is C80H64Cu2F6N8O6P4S2+4. The summed E-state index contributed by atoms with van der Waals surface area (Å²) in [4.78, 5) is 35.4. The Balaban J connectivity index is 0.000000156. The third kappa shape index (κ3) is 21.5. The van der Waals surface area contributed by atoms with E-state index in [1.54, 1.807) is 49.6 Å². The molecule has 108 heavy (non-hydrogen) atoms.